The first kappa shape index (κ1) is 26.9. The highest BCUT2D eigenvalue weighted by Gasteiger charge is 2.44. The van der Waals surface area contributed by atoms with Crippen LogP contribution in [0.4, 0.5) is 13.2 Å². The lowest BCUT2D eigenvalue weighted by Crippen LogP contribution is -2.44. The molecule has 2 N–H and O–H groups in total. The van der Waals surface area contributed by atoms with Crippen LogP contribution < -0.4 is 10.1 Å². The Balaban J connectivity index is 1.36. The summed E-state index contributed by atoms with van der Waals surface area (Å²) in [5, 5.41) is 12.6. The van der Waals surface area contributed by atoms with Gasteiger partial charge in [-0.2, -0.15) is 13.2 Å². The first-order valence-corrected chi connectivity index (χ1v) is 12.7. The first-order chi connectivity index (χ1) is 17.8. The number of ether oxygens (including phenoxy) is 1. The maximum absolute atomic E-state index is 13.1. The molecule has 10 heteroatoms. The fraction of sp³-hybridized carbons (Fsp3) is 0.519. The van der Waals surface area contributed by atoms with Gasteiger partial charge in [0, 0.05) is 18.7 Å². The largest absolute Gasteiger partial charge is 0.489 e. The molecule has 1 saturated carbocycles. The average molecular weight is 520 g/mol. The fourth-order valence-electron chi connectivity index (χ4n) is 5.21. The number of aromatic nitrogens is 1. The molecule has 4 rings (SSSR count). The van der Waals surface area contributed by atoms with E-state index < -0.39 is 30.0 Å². The van der Waals surface area contributed by atoms with Gasteiger partial charge in [-0.1, -0.05) is 30.3 Å². The lowest BCUT2D eigenvalue weighted by atomic mass is 9.81. The van der Waals surface area contributed by atoms with Gasteiger partial charge in [0.2, 0.25) is 5.91 Å². The van der Waals surface area contributed by atoms with Crippen LogP contribution in [0.1, 0.15) is 60.6 Å². The monoisotopic (exact) mass is 519 g/mol. The molecule has 2 fully saturated rings. The van der Waals surface area contributed by atoms with Gasteiger partial charge in [0.1, 0.15) is 6.61 Å². The Kier molecular flexibility index (Phi) is 8.68. The maximum Gasteiger partial charge on any atom is 0.391 e. The van der Waals surface area contributed by atoms with Gasteiger partial charge in [-0.05, 0) is 56.2 Å². The van der Waals surface area contributed by atoms with Crippen LogP contribution in [0.15, 0.2) is 48.7 Å². The van der Waals surface area contributed by atoms with Crippen molar-refractivity contribution in [1.82, 2.24) is 15.2 Å². The molecule has 200 valence electrons. The number of alkyl halides is 3. The minimum Gasteiger partial charge on any atom is -0.489 e. The lowest BCUT2D eigenvalue weighted by Gasteiger charge is -2.33. The maximum atomic E-state index is 13.1. The standard InChI is InChI=1S/C27H32F3N3O4/c28-27(29,30)20-12-10-19(11-13-20)26(36)33-15-5-8-21(33)17-37-23-9-4-14-31-24(23)25(35)32-22(16-34)18-6-2-1-3-7-18/h1-4,6-7,9,14,19-22,34H,5,8,10-13,15-17H2,(H,32,35)/t19?,20?,21?,22-/m1/s1. The number of benzene rings is 1. The Bertz CT molecular complexity index is 1060. The zero-order valence-electron chi connectivity index (χ0n) is 20.5. The van der Waals surface area contributed by atoms with E-state index in [2.05, 4.69) is 10.3 Å². The predicted molar refractivity (Wildman–Crippen MR) is 130 cm³/mol. The number of nitrogens with zero attached hydrogens (tertiary/aromatic N) is 2. The van der Waals surface area contributed by atoms with E-state index in [-0.39, 0.29) is 62.3 Å². The molecule has 1 unspecified atom stereocenters. The number of aliphatic hydroxyl groups excluding tert-OH is 1. The number of halogens is 3. The van der Waals surface area contributed by atoms with Crippen LogP contribution in [-0.2, 0) is 4.79 Å². The Morgan fingerprint density at radius 1 is 1.08 bits per heavy atom. The molecular weight excluding hydrogens is 487 g/mol. The van der Waals surface area contributed by atoms with Crippen molar-refractivity contribution in [2.45, 2.75) is 56.8 Å². The van der Waals surface area contributed by atoms with Gasteiger partial charge in [0.05, 0.1) is 24.6 Å². The Morgan fingerprint density at radius 3 is 2.49 bits per heavy atom. The van der Waals surface area contributed by atoms with Crippen molar-refractivity contribution in [1.29, 1.82) is 0 Å². The van der Waals surface area contributed by atoms with Crippen molar-refractivity contribution in [2.24, 2.45) is 11.8 Å². The number of pyridine rings is 1. The fourth-order valence-corrected chi connectivity index (χ4v) is 5.21. The highest BCUT2D eigenvalue weighted by molar-refractivity contribution is 5.95. The normalized spacial score (nSPS) is 22.9. The lowest BCUT2D eigenvalue weighted by molar-refractivity contribution is -0.185. The van der Waals surface area contributed by atoms with Crippen molar-refractivity contribution >= 4 is 11.8 Å². The van der Waals surface area contributed by atoms with Crippen LogP contribution in [-0.4, -0.2) is 58.8 Å². The topological polar surface area (TPSA) is 91.8 Å². The van der Waals surface area contributed by atoms with E-state index in [1.165, 1.54) is 6.20 Å². The smallest absolute Gasteiger partial charge is 0.391 e. The van der Waals surface area contributed by atoms with Gasteiger partial charge >= 0.3 is 6.18 Å². The Hall–Kier alpha value is -3.14. The van der Waals surface area contributed by atoms with E-state index in [1.807, 2.05) is 18.2 Å². The molecule has 2 aliphatic rings. The third kappa shape index (κ3) is 6.60. The molecule has 2 amide bonds. The summed E-state index contributed by atoms with van der Waals surface area (Å²) in [6.45, 7) is 0.405. The van der Waals surface area contributed by atoms with Crippen LogP contribution in [0.3, 0.4) is 0 Å². The van der Waals surface area contributed by atoms with Crippen molar-refractivity contribution < 1.29 is 32.6 Å². The summed E-state index contributed by atoms with van der Waals surface area (Å²) in [5.74, 6) is -2.07. The summed E-state index contributed by atoms with van der Waals surface area (Å²) in [6, 6.07) is 11.5. The van der Waals surface area contributed by atoms with Gasteiger partial charge in [-0.25, -0.2) is 4.98 Å². The SMILES string of the molecule is O=C(N[C@H](CO)c1ccccc1)c1ncccc1OCC1CCCN1C(=O)C1CCC(C(F)(F)F)CC1. The van der Waals surface area contributed by atoms with E-state index in [0.29, 0.717) is 13.0 Å². The highest BCUT2D eigenvalue weighted by atomic mass is 19.4. The summed E-state index contributed by atoms with van der Waals surface area (Å²) >= 11 is 0. The predicted octanol–water partition coefficient (Wildman–Crippen LogP) is 4.28. The number of carbonyl (C=O) groups excluding carboxylic acids is 2. The zero-order valence-corrected chi connectivity index (χ0v) is 20.5. The van der Waals surface area contributed by atoms with Crippen LogP contribution in [0.25, 0.3) is 0 Å². The van der Waals surface area contributed by atoms with E-state index >= 15 is 0 Å². The Labute approximate surface area is 214 Å². The van der Waals surface area contributed by atoms with E-state index in [4.69, 9.17) is 4.74 Å². The third-order valence-electron chi connectivity index (χ3n) is 7.31. The number of rotatable bonds is 8. The van der Waals surface area contributed by atoms with Gasteiger partial charge in [0.15, 0.2) is 11.4 Å². The van der Waals surface area contributed by atoms with Crippen molar-refractivity contribution in [3.05, 3.63) is 59.9 Å². The summed E-state index contributed by atoms with van der Waals surface area (Å²) in [7, 11) is 0. The second-order valence-electron chi connectivity index (χ2n) is 9.70. The molecule has 1 aliphatic carbocycles. The molecule has 1 aliphatic heterocycles. The molecule has 37 heavy (non-hydrogen) atoms. The van der Waals surface area contributed by atoms with Gasteiger partial charge < -0.3 is 20.1 Å². The molecule has 1 aromatic heterocycles. The number of carbonyl (C=O) groups is 2. The van der Waals surface area contributed by atoms with Crippen molar-refractivity contribution in [3.63, 3.8) is 0 Å². The second kappa shape index (κ2) is 11.9. The molecule has 1 saturated heterocycles. The van der Waals surface area contributed by atoms with Crippen molar-refractivity contribution in [3.8, 4) is 5.75 Å². The molecule has 0 radical (unpaired) electrons. The van der Waals surface area contributed by atoms with E-state index in [0.717, 1.165) is 12.0 Å². The van der Waals surface area contributed by atoms with Crippen LogP contribution in [0.2, 0.25) is 0 Å². The van der Waals surface area contributed by atoms with Crippen LogP contribution in [0.5, 0.6) is 5.75 Å². The minimum absolute atomic E-state index is 0.0130. The summed E-state index contributed by atoms with van der Waals surface area (Å²) < 4.78 is 45.0. The summed E-state index contributed by atoms with van der Waals surface area (Å²) in [4.78, 5) is 32.0. The van der Waals surface area contributed by atoms with Crippen molar-refractivity contribution in [2.75, 3.05) is 19.8 Å². The molecule has 0 bridgehead atoms. The third-order valence-corrected chi connectivity index (χ3v) is 7.31. The number of hydrogen-bond donors (Lipinski definition) is 2. The molecular formula is C27H32F3N3O4. The molecule has 2 heterocycles. The van der Waals surface area contributed by atoms with Crippen LogP contribution >= 0.6 is 0 Å². The number of hydrogen-bond acceptors (Lipinski definition) is 5. The minimum atomic E-state index is -4.20. The molecule has 1 aromatic carbocycles. The molecule has 7 nitrogen and oxygen atoms in total. The average Bonchev–Trinajstić information content (AvgIpc) is 3.39. The molecule has 2 atom stereocenters. The first-order valence-electron chi connectivity index (χ1n) is 12.7. The number of nitrogens with one attached hydrogen (secondary N) is 1. The number of likely N-dealkylation sites (tertiary alicyclic amines) is 1. The highest BCUT2D eigenvalue weighted by Crippen LogP contribution is 2.40. The Morgan fingerprint density at radius 2 is 1.81 bits per heavy atom. The zero-order chi connectivity index (χ0) is 26.4. The van der Waals surface area contributed by atoms with Gasteiger partial charge in [0.25, 0.3) is 5.91 Å². The van der Waals surface area contributed by atoms with Gasteiger partial charge in [-0.3, -0.25) is 9.59 Å². The number of aliphatic hydroxyl groups is 1. The summed E-state index contributed by atoms with van der Waals surface area (Å²) in [5.41, 5.74) is 0.819. The quantitative estimate of drug-likeness (QED) is 0.543. The summed E-state index contributed by atoms with van der Waals surface area (Å²) in [6.07, 6.45) is -0.771. The van der Waals surface area contributed by atoms with Gasteiger partial charge in [-0.15, -0.1) is 0 Å². The number of amides is 2. The second-order valence-corrected chi connectivity index (χ2v) is 9.70. The van der Waals surface area contributed by atoms with E-state index in [9.17, 15) is 27.9 Å². The van der Waals surface area contributed by atoms with Crippen LogP contribution in [0, 0.1) is 11.8 Å². The molecule has 0 spiro atoms. The van der Waals surface area contributed by atoms with E-state index in [1.54, 1.807) is 29.2 Å². The molecule has 2 aromatic rings.